The monoisotopic (exact) mass is 370 g/mol. The van der Waals surface area contributed by atoms with Crippen molar-refractivity contribution in [2.75, 3.05) is 5.84 Å². The zero-order chi connectivity index (χ0) is 14.9. The summed E-state index contributed by atoms with van der Waals surface area (Å²) in [5, 5.41) is 6.32. The van der Waals surface area contributed by atoms with Gasteiger partial charge in [0.2, 0.25) is 5.16 Å². The molecule has 0 unspecified atom stereocenters. The van der Waals surface area contributed by atoms with Crippen LogP contribution in [0.5, 0.6) is 0 Å². The van der Waals surface area contributed by atoms with Crippen LogP contribution in [0.15, 0.2) is 27.8 Å². The van der Waals surface area contributed by atoms with Crippen molar-refractivity contribution < 1.29 is 17.6 Å². The highest BCUT2D eigenvalue weighted by Crippen LogP contribution is 2.31. The number of rotatable bonds is 3. The van der Waals surface area contributed by atoms with Crippen LogP contribution in [0.3, 0.4) is 0 Å². The molecule has 0 bridgehead atoms. The lowest BCUT2D eigenvalue weighted by Gasteiger charge is -2.06. The van der Waals surface area contributed by atoms with Crippen LogP contribution in [0.25, 0.3) is 0 Å². The third-order valence-electron chi connectivity index (χ3n) is 2.29. The van der Waals surface area contributed by atoms with Crippen molar-refractivity contribution in [1.29, 1.82) is 0 Å². The summed E-state index contributed by atoms with van der Waals surface area (Å²) in [7, 11) is 0. The van der Waals surface area contributed by atoms with E-state index in [0.29, 0.717) is 14.7 Å². The molecule has 108 valence electrons. The number of thioether (sulfide) groups is 1. The highest BCUT2D eigenvalue weighted by atomic mass is 79.9. The predicted octanol–water partition coefficient (Wildman–Crippen LogP) is 3.20. The van der Waals surface area contributed by atoms with Gasteiger partial charge in [-0.2, -0.15) is 13.2 Å². The Morgan fingerprint density at radius 1 is 1.30 bits per heavy atom. The minimum absolute atomic E-state index is 0.0754. The number of alkyl halides is 3. The van der Waals surface area contributed by atoms with Crippen molar-refractivity contribution in [1.82, 2.24) is 14.9 Å². The number of aromatic nitrogens is 3. The van der Waals surface area contributed by atoms with Gasteiger partial charge in [0.25, 0.3) is 5.82 Å². The molecule has 20 heavy (non-hydrogen) atoms. The van der Waals surface area contributed by atoms with Gasteiger partial charge in [0.15, 0.2) is 0 Å². The van der Waals surface area contributed by atoms with Crippen LogP contribution in [0.2, 0.25) is 0 Å². The van der Waals surface area contributed by atoms with E-state index in [9.17, 15) is 17.6 Å². The quantitative estimate of drug-likeness (QED) is 0.512. The molecule has 1 aromatic carbocycles. The second-order valence-electron chi connectivity index (χ2n) is 3.70. The van der Waals surface area contributed by atoms with Crippen LogP contribution >= 0.6 is 27.7 Å². The Hall–Kier alpha value is -1.29. The Morgan fingerprint density at radius 2 is 2.00 bits per heavy atom. The van der Waals surface area contributed by atoms with E-state index >= 15 is 0 Å². The van der Waals surface area contributed by atoms with E-state index in [0.717, 1.165) is 11.8 Å². The van der Waals surface area contributed by atoms with Gasteiger partial charge in [0.1, 0.15) is 5.82 Å². The predicted molar refractivity (Wildman–Crippen MR) is 68.8 cm³/mol. The first-order valence-corrected chi connectivity index (χ1v) is 6.91. The molecular weight excluding hydrogens is 364 g/mol. The Kier molecular flexibility index (Phi) is 4.23. The number of nitrogens with two attached hydrogens (primary N) is 1. The molecule has 4 nitrogen and oxygen atoms in total. The largest absolute Gasteiger partial charge is 0.453 e. The molecule has 0 radical (unpaired) electrons. The van der Waals surface area contributed by atoms with Gasteiger partial charge in [-0.1, -0.05) is 33.8 Å². The lowest BCUT2D eigenvalue weighted by Crippen LogP contribution is -2.21. The minimum atomic E-state index is -4.66. The highest BCUT2D eigenvalue weighted by molar-refractivity contribution is 9.10. The lowest BCUT2D eigenvalue weighted by molar-refractivity contribution is -0.146. The molecule has 0 saturated heterocycles. The molecule has 1 aromatic heterocycles. The van der Waals surface area contributed by atoms with Crippen LogP contribution in [-0.4, -0.2) is 14.9 Å². The fourth-order valence-corrected chi connectivity index (χ4v) is 2.89. The molecule has 0 aliphatic heterocycles. The highest BCUT2D eigenvalue weighted by Gasteiger charge is 2.38. The summed E-state index contributed by atoms with van der Waals surface area (Å²) in [6, 6.07) is 4.05. The summed E-state index contributed by atoms with van der Waals surface area (Å²) in [6.07, 6.45) is -4.66. The molecule has 0 fully saturated rings. The van der Waals surface area contributed by atoms with Crippen LogP contribution < -0.4 is 5.84 Å². The SMILES string of the molecule is Nn1c(SCc2ccc(F)cc2Br)nnc1C(F)(F)F. The van der Waals surface area contributed by atoms with Crippen molar-refractivity contribution in [2.45, 2.75) is 17.1 Å². The van der Waals surface area contributed by atoms with E-state index in [1.165, 1.54) is 18.2 Å². The van der Waals surface area contributed by atoms with Crippen molar-refractivity contribution >= 4 is 27.7 Å². The molecule has 2 rings (SSSR count). The minimum Gasteiger partial charge on any atom is -0.335 e. The molecule has 10 heteroatoms. The van der Waals surface area contributed by atoms with Gasteiger partial charge in [0, 0.05) is 10.2 Å². The number of nitrogen functional groups attached to an aromatic ring is 1. The lowest BCUT2D eigenvalue weighted by atomic mass is 10.2. The summed E-state index contributed by atoms with van der Waals surface area (Å²) in [5.41, 5.74) is 0.702. The van der Waals surface area contributed by atoms with Gasteiger partial charge in [-0.15, -0.1) is 10.2 Å². The van der Waals surface area contributed by atoms with Gasteiger partial charge in [-0.25, -0.2) is 9.07 Å². The number of halogens is 5. The third kappa shape index (κ3) is 3.23. The van der Waals surface area contributed by atoms with Gasteiger partial charge in [-0.3, -0.25) is 0 Å². The van der Waals surface area contributed by atoms with E-state index in [4.69, 9.17) is 5.84 Å². The van der Waals surface area contributed by atoms with Crippen LogP contribution in [0.4, 0.5) is 17.6 Å². The van der Waals surface area contributed by atoms with Crippen molar-refractivity contribution in [2.24, 2.45) is 0 Å². The van der Waals surface area contributed by atoms with E-state index in [-0.39, 0.29) is 10.9 Å². The first-order chi connectivity index (χ1) is 9.29. The molecular formula is C10H7BrF4N4S. The number of benzene rings is 1. The van der Waals surface area contributed by atoms with Gasteiger partial charge >= 0.3 is 6.18 Å². The van der Waals surface area contributed by atoms with E-state index in [2.05, 4.69) is 26.1 Å². The van der Waals surface area contributed by atoms with Crippen LogP contribution in [-0.2, 0) is 11.9 Å². The summed E-state index contributed by atoms with van der Waals surface area (Å²) in [4.78, 5) is 0. The maximum Gasteiger partial charge on any atom is 0.453 e. The Balaban J connectivity index is 2.14. The van der Waals surface area contributed by atoms with Crippen molar-refractivity contribution in [3.05, 3.63) is 39.9 Å². The molecule has 0 saturated carbocycles. The second kappa shape index (κ2) is 5.60. The smallest absolute Gasteiger partial charge is 0.335 e. The molecule has 2 aromatic rings. The fraction of sp³-hybridized carbons (Fsp3) is 0.200. The number of hydrogen-bond donors (Lipinski definition) is 1. The fourth-order valence-electron chi connectivity index (χ4n) is 1.35. The summed E-state index contributed by atoms with van der Waals surface area (Å²) in [6.45, 7) is 0. The molecule has 0 atom stereocenters. The standard InChI is InChI=1S/C10H7BrF4N4S/c11-7-3-6(12)2-1-5(7)4-20-9-18-17-8(19(9)16)10(13,14)15/h1-3H,4,16H2. The topological polar surface area (TPSA) is 56.7 Å². The summed E-state index contributed by atoms with van der Waals surface area (Å²) < 4.78 is 51.2. The van der Waals surface area contributed by atoms with E-state index in [1.54, 1.807) is 0 Å². The van der Waals surface area contributed by atoms with Gasteiger partial charge < -0.3 is 5.84 Å². The van der Waals surface area contributed by atoms with Crippen LogP contribution in [0.1, 0.15) is 11.4 Å². The first-order valence-electron chi connectivity index (χ1n) is 5.13. The summed E-state index contributed by atoms with van der Waals surface area (Å²) in [5.74, 6) is 3.89. The third-order valence-corrected chi connectivity index (χ3v) is 4.02. The Morgan fingerprint density at radius 3 is 2.55 bits per heavy atom. The second-order valence-corrected chi connectivity index (χ2v) is 5.50. The Labute approximate surface area is 123 Å². The van der Waals surface area contributed by atoms with E-state index < -0.39 is 17.8 Å². The maximum atomic E-state index is 12.9. The average Bonchev–Trinajstić information content (AvgIpc) is 2.69. The van der Waals surface area contributed by atoms with Gasteiger partial charge in [0.05, 0.1) is 0 Å². The first kappa shape index (κ1) is 15.1. The zero-order valence-electron chi connectivity index (χ0n) is 9.66. The molecule has 0 aliphatic carbocycles. The Bertz CT molecular complexity index is 628. The van der Waals surface area contributed by atoms with Crippen LogP contribution in [0, 0.1) is 5.82 Å². The van der Waals surface area contributed by atoms with Gasteiger partial charge in [-0.05, 0) is 17.7 Å². The van der Waals surface area contributed by atoms with Crippen molar-refractivity contribution in [3.63, 3.8) is 0 Å². The number of hydrogen-bond acceptors (Lipinski definition) is 4. The maximum absolute atomic E-state index is 12.9. The number of nitrogens with zero attached hydrogens (tertiary/aromatic N) is 3. The molecule has 2 N–H and O–H groups in total. The van der Waals surface area contributed by atoms with Crippen molar-refractivity contribution in [3.8, 4) is 0 Å². The molecule has 0 amide bonds. The molecule has 1 heterocycles. The normalized spacial score (nSPS) is 11.8. The molecule has 0 spiro atoms. The average molecular weight is 371 g/mol. The molecule has 0 aliphatic rings. The van der Waals surface area contributed by atoms with E-state index in [1.807, 2.05) is 0 Å². The zero-order valence-corrected chi connectivity index (χ0v) is 12.1. The summed E-state index contributed by atoms with van der Waals surface area (Å²) >= 11 is 4.14.